The first-order valence-corrected chi connectivity index (χ1v) is 8.44. The Kier molecular flexibility index (Phi) is 4.48. The molecule has 2 aromatic heterocycles. The molecule has 128 valence electrons. The molecule has 26 heavy (non-hydrogen) atoms. The highest BCUT2D eigenvalue weighted by atomic mass is 16.3. The lowest BCUT2D eigenvalue weighted by Gasteiger charge is -2.09. The monoisotopic (exact) mass is 343 g/mol. The van der Waals surface area contributed by atoms with Crippen molar-refractivity contribution in [3.8, 4) is 0 Å². The van der Waals surface area contributed by atoms with Crippen LogP contribution in [0.1, 0.15) is 28.3 Å². The number of benzene rings is 1. The predicted molar refractivity (Wildman–Crippen MR) is 99.2 cm³/mol. The fourth-order valence-corrected chi connectivity index (χ4v) is 2.96. The molecule has 0 radical (unpaired) electrons. The highest BCUT2D eigenvalue weighted by molar-refractivity contribution is 6.23. The van der Waals surface area contributed by atoms with Crippen molar-refractivity contribution in [3.63, 3.8) is 0 Å². The van der Waals surface area contributed by atoms with E-state index in [1.54, 1.807) is 18.4 Å². The number of carbonyl (C=O) groups excluding carboxylic acids is 1. The van der Waals surface area contributed by atoms with Crippen LogP contribution in [-0.2, 0) is 6.54 Å². The van der Waals surface area contributed by atoms with Crippen molar-refractivity contribution in [2.45, 2.75) is 13.0 Å². The van der Waals surface area contributed by atoms with Gasteiger partial charge in [-0.15, -0.1) is 0 Å². The molecule has 2 heterocycles. The molecule has 4 nitrogen and oxygen atoms in total. The molecule has 1 aliphatic rings. The number of allylic oxidation sites excluding steroid dienone is 4. The van der Waals surface area contributed by atoms with Crippen LogP contribution in [0.25, 0.3) is 0 Å². The zero-order chi connectivity index (χ0) is 17.8. The first kappa shape index (κ1) is 16.1. The first-order valence-electron chi connectivity index (χ1n) is 8.44. The van der Waals surface area contributed by atoms with Crippen LogP contribution in [0.3, 0.4) is 0 Å². The Morgan fingerprint density at radius 3 is 2.23 bits per heavy atom. The molecule has 0 bridgehead atoms. The fourth-order valence-electron chi connectivity index (χ4n) is 2.96. The van der Waals surface area contributed by atoms with Crippen molar-refractivity contribution < 1.29 is 13.6 Å². The number of hydrogen-bond acceptors (Lipinski definition) is 4. The molecule has 0 N–H and O–H groups in total. The largest absolute Gasteiger partial charge is 0.463 e. The first-order chi connectivity index (χ1) is 12.8. The van der Waals surface area contributed by atoms with Crippen molar-refractivity contribution in [3.05, 3.63) is 108 Å². The Labute approximate surface area is 151 Å². The van der Waals surface area contributed by atoms with Crippen molar-refractivity contribution >= 4 is 11.5 Å². The predicted octanol–water partition coefficient (Wildman–Crippen LogP) is 5.00. The zero-order valence-electron chi connectivity index (χ0n) is 14.1. The van der Waals surface area contributed by atoms with E-state index in [1.165, 1.54) is 6.26 Å². The summed E-state index contributed by atoms with van der Waals surface area (Å²) in [6.07, 6.45) is 7.70. The third-order valence-electron chi connectivity index (χ3n) is 4.20. The minimum absolute atomic E-state index is 0.141. The maximum Gasteiger partial charge on any atom is 0.228 e. The lowest BCUT2D eigenvalue weighted by molar-refractivity contribution is 0.101. The summed E-state index contributed by atoms with van der Waals surface area (Å²) in [6.45, 7) is 0.510. The van der Waals surface area contributed by atoms with Gasteiger partial charge < -0.3 is 8.83 Å². The van der Waals surface area contributed by atoms with Crippen molar-refractivity contribution in [2.24, 2.45) is 4.99 Å². The molecule has 3 aromatic rings. The molecular weight excluding hydrogens is 326 g/mol. The summed E-state index contributed by atoms with van der Waals surface area (Å²) in [5.74, 6) is 0.829. The van der Waals surface area contributed by atoms with Crippen LogP contribution in [0.2, 0.25) is 0 Å². The molecule has 1 aromatic carbocycles. The number of rotatable bonds is 6. The number of furan rings is 2. The summed E-state index contributed by atoms with van der Waals surface area (Å²) in [5, 5.41) is 0. The lowest BCUT2D eigenvalue weighted by Crippen LogP contribution is -2.12. The number of ketones is 1. The van der Waals surface area contributed by atoms with Crippen molar-refractivity contribution in [1.29, 1.82) is 0 Å². The molecule has 0 amide bonds. The van der Waals surface area contributed by atoms with E-state index >= 15 is 0 Å². The third-order valence-corrected chi connectivity index (χ3v) is 4.20. The van der Waals surface area contributed by atoms with Crippen LogP contribution >= 0.6 is 0 Å². The van der Waals surface area contributed by atoms with E-state index < -0.39 is 0 Å². The maximum atomic E-state index is 12.8. The van der Waals surface area contributed by atoms with Gasteiger partial charge in [0.2, 0.25) is 5.78 Å². The lowest BCUT2D eigenvalue weighted by atomic mass is 9.98. The normalized spacial score (nSPS) is 14.2. The second-order valence-corrected chi connectivity index (χ2v) is 5.91. The number of Topliss-reactive ketones (excluding diaryl/α,β-unsaturated/α-hetero) is 1. The SMILES string of the molecule is O=C(C1=CCC=C1C(=NCc1ccccc1)c1ccco1)c1ccco1. The second kappa shape index (κ2) is 7.23. The Hall–Kier alpha value is -3.40. The van der Waals surface area contributed by atoms with E-state index in [2.05, 4.69) is 0 Å². The van der Waals surface area contributed by atoms with E-state index in [1.807, 2.05) is 54.6 Å². The Balaban J connectivity index is 1.68. The highest BCUT2D eigenvalue weighted by Gasteiger charge is 2.26. The average molecular weight is 343 g/mol. The van der Waals surface area contributed by atoms with E-state index in [0.29, 0.717) is 35.8 Å². The van der Waals surface area contributed by atoms with Gasteiger partial charge in [-0.2, -0.15) is 0 Å². The van der Waals surface area contributed by atoms with Gasteiger partial charge in [0.05, 0.1) is 19.1 Å². The zero-order valence-corrected chi connectivity index (χ0v) is 14.1. The fraction of sp³-hybridized carbons (Fsp3) is 0.0909. The minimum Gasteiger partial charge on any atom is -0.463 e. The summed E-state index contributed by atoms with van der Waals surface area (Å²) in [6, 6.07) is 17.1. The average Bonchev–Trinajstić information content (AvgIpc) is 3.44. The molecular formula is C22H17NO3. The van der Waals surface area contributed by atoms with Crippen LogP contribution in [0, 0.1) is 0 Å². The molecule has 0 unspecified atom stereocenters. The number of hydrogen-bond donors (Lipinski definition) is 0. The molecule has 1 aliphatic carbocycles. The third kappa shape index (κ3) is 3.22. The van der Waals surface area contributed by atoms with Crippen molar-refractivity contribution in [2.75, 3.05) is 0 Å². The van der Waals surface area contributed by atoms with Gasteiger partial charge in [0.25, 0.3) is 0 Å². The van der Waals surface area contributed by atoms with Crippen LogP contribution in [0.15, 0.2) is 104 Å². The van der Waals surface area contributed by atoms with Crippen LogP contribution in [-0.4, -0.2) is 11.5 Å². The molecule has 0 fully saturated rings. The van der Waals surface area contributed by atoms with Gasteiger partial charge in [0, 0.05) is 11.1 Å². The smallest absolute Gasteiger partial charge is 0.228 e. The van der Waals surface area contributed by atoms with Crippen LogP contribution in [0.5, 0.6) is 0 Å². The van der Waals surface area contributed by atoms with Gasteiger partial charge in [0.15, 0.2) is 11.5 Å². The highest BCUT2D eigenvalue weighted by Crippen LogP contribution is 2.28. The summed E-state index contributed by atoms with van der Waals surface area (Å²) in [4.78, 5) is 17.5. The van der Waals surface area contributed by atoms with E-state index in [0.717, 1.165) is 11.1 Å². The molecule has 4 rings (SSSR count). The number of carbonyl (C=O) groups is 1. The Bertz CT molecular complexity index is 975. The summed E-state index contributed by atoms with van der Waals surface area (Å²) < 4.78 is 10.9. The van der Waals surface area contributed by atoms with Gasteiger partial charge in [-0.1, -0.05) is 42.5 Å². The van der Waals surface area contributed by atoms with Gasteiger partial charge in [-0.25, -0.2) is 0 Å². The summed E-state index contributed by atoms with van der Waals surface area (Å²) >= 11 is 0. The number of aliphatic imine (C=N–C) groups is 1. The summed E-state index contributed by atoms with van der Waals surface area (Å²) in [5.41, 5.74) is 3.17. The van der Waals surface area contributed by atoms with Gasteiger partial charge >= 0.3 is 0 Å². The molecule has 0 saturated heterocycles. The maximum absolute atomic E-state index is 12.8. The topological polar surface area (TPSA) is 55.7 Å². The van der Waals surface area contributed by atoms with Crippen LogP contribution in [0.4, 0.5) is 0 Å². The standard InChI is InChI=1S/C22H17NO3/c24-22(20-12-6-14-26-20)18-10-4-9-17(18)21(19-11-5-13-25-19)23-15-16-7-2-1-3-8-16/h1-3,5-14H,4,15H2. The molecule has 0 saturated carbocycles. The van der Waals surface area contributed by atoms with Gasteiger partial charge in [0.1, 0.15) is 5.71 Å². The van der Waals surface area contributed by atoms with E-state index in [-0.39, 0.29) is 5.78 Å². The second-order valence-electron chi connectivity index (χ2n) is 5.91. The minimum atomic E-state index is -0.141. The van der Waals surface area contributed by atoms with E-state index in [9.17, 15) is 4.79 Å². The van der Waals surface area contributed by atoms with Crippen LogP contribution < -0.4 is 0 Å². The molecule has 0 atom stereocenters. The molecule has 0 aliphatic heterocycles. The van der Waals surface area contributed by atoms with Crippen molar-refractivity contribution in [1.82, 2.24) is 0 Å². The number of nitrogens with zero attached hydrogens (tertiary/aromatic N) is 1. The summed E-state index contributed by atoms with van der Waals surface area (Å²) in [7, 11) is 0. The quantitative estimate of drug-likeness (QED) is 0.467. The molecule has 4 heteroatoms. The van der Waals surface area contributed by atoms with Gasteiger partial charge in [-0.3, -0.25) is 9.79 Å². The Morgan fingerprint density at radius 2 is 1.54 bits per heavy atom. The Morgan fingerprint density at radius 1 is 0.846 bits per heavy atom. The van der Waals surface area contributed by atoms with Gasteiger partial charge in [-0.05, 0) is 36.2 Å². The van der Waals surface area contributed by atoms with E-state index in [4.69, 9.17) is 13.8 Å². The molecule has 0 spiro atoms.